The molecule has 104 valence electrons. The SMILES string of the molecule is NC(=O)Nc1cccc(NCc2cccc(Br)c2O)c1. The number of nitrogens with two attached hydrogens (primary N) is 1. The van der Waals surface area contributed by atoms with E-state index in [1.165, 1.54) is 0 Å². The van der Waals surface area contributed by atoms with Crippen LogP contribution in [-0.4, -0.2) is 11.1 Å². The Kier molecular flexibility index (Phi) is 4.47. The second-order valence-electron chi connectivity index (χ2n) is 4.17. The maximum Gasteiger partial charge on any atom is 0.316 e. The Morgan fingerprint density at radius 1 is 1.20 bits per heavy atom. The van der Waals surface area contributed by atoms with Gasteiger partial charge in [-0.2, -0.15) is 0 Å². The molecule has 0 saturated heterocycles. The van der Waals surface area contributed by atoms with Crippen LogP contribution in [0.4, 0.5) is 16.2 Å². The van der Waals surface area contributed by atoms with Gasteiger partial charge in [0.25, 0.3) is 0 Å². The standard InChI is InChI=1S/C14H14BrN3O2/c15-12-6-1-3-9(13(12)19)8-17-10-4-2-5-11(7-10)18-14(16)20/h1-7,17,19H,8H2,(H3,16,18,20). The second kappa shape index (κ2) is 6.29. The number of halogens is 1. The maximum atomic E-state index is 10.8. The van der Waals surface area contributed by atoms with E-state index >= 15 is 0 Å². The summed E-state index contributed by atoms with van der Waals surface area (Å²) in [5.74, 6) is 0.214. The summed E-state index contributed by atoms with van der Waals surface area (Å²) in [4.78, 5) is 10.8. The molecule has 0 heterocycles. The Morgan fingerprint density at radius 2 is 1.90 bits per heavy atom. The first-order chi connectivity index (χ1) is 9.56. The fraction of sp³-hybridized carbons (Fsp3) is 0.0714. The normalized spacial score (nSPS) is 10.1. The average molecular weight is 336 g/mol. The first-order valence-electron chi connectivity index (χ1n) is 5.93. The lowest BCUT2D eigenvalue weighted by atomic mass is 10.2. The smallest absolute Gasteiger partial charge is 0.316 e. The molecule has 0 aromatic heterocycles. The minimum Gasteiger partial charge on any atom is -0.506 e. The highest BCUT2D eigenvalue weighted by molar-refractivity contribution is 9.10. The Balaban J connectivity index is 2.07. The molecule has 0 spiro atoms. The van der Waals surface area contributed by atoms with Gasteiger partial charge in [-0.25, -0.2) is 4.79 Å². The molecule has 0 atom stereocenters. The summed E-state index contributed by atoms with van der Waals surface area (Å²) in [5, 5.41) is 15.6. The molecule has 5 nitrogen and oxygen atoms in total. The number of aromatic hydroxyl groups is 1. The first-order valence-corrected chi connectivity index (χ1v) is 6.72. The number of urea groups is 1. The molecule has 20 heavy (non-hydrogen) atoms. The first kappa shape index (κ1) is 14.2. The van der Waals surface area contributed by atoms with Crippen LogP contribution in [0.3, 0.4) is 0 Å². The number of phenols is 1. The van der Waals surface area contributed by atoms with Gasteiger partial charge in [-0.15, -0.1) is 0 Å². The van der Waals surface area contributed by atoms with Gasteiger partial charge in [0.2, 0.25) is 0 Å². The molecule has 0 fully saturated rings. The predicted octanol–water partition coefficient (Wildman–Crippen LogP) is 3.26. The van der Waals surface area contributed by atoms with Crippen molar-refractivity contribution in [3.8, 4) is 5.75 Å². The lowest BCUT2D eigenvalue weighted by Crippen LogP contribution is -2.19. The third-order valence-electron chi connectivity index (χ3n) is 2.68. The quantitative estimate of drug-likeness (QED) is 0.691. The molecule has 0 aliphatic rings. The molecule has 0 radical (unpaired) electrons. The zero-order valence-electron chi connectivity index (χ0n) is 10.6. The van der Waals surface area contributed by atoms with Crippen LogP contribution in [-0.2, 0) is 6.54 Å². The molecule has 2 rings (SSSR count). The fourth-order valence-electron chi connectivity index (χ4n) is 1.75. The number of nitrogens with one attached hydrogen (secondary N) is 2. The number of para-hydroxylation sites is 1. The maximum absolute atomic E-state index is 10.8. The highest BCUT2D eigenvalue weighted by Crippen LogP contribution is 2.28. The Labute approximate surface area is 124 Å². The summed E-state index contributed by atoms with van der Waals surface area (Å²) >= 11 is 3.27. The molecule has 2 aromatic carbocycles. The van der Waals surface area contributed by atoms with Crippen LogP contribution in [0.2, 0.25) is 0 Å². The molecule has 6 heteroatoms. The monoisotopic (exact) mass is 335 g/mol. The minimum absolute atomic E-state index is 0.214. The number of benzene rings is 2. The molecule has 5 N–H and O–H groups in total. The van der Waals surface area contributed by atoms with Crippen molar-refractivity contribution in [3.63, 3.8) is 0 Å². The van der Waals surface area contributed by atoms with Gasteiger partial charge in [-0.05, 0) is 40.2 Å². The molecular weight excluding hydrogens is 322 g/mol. The van der Waals surface area contributed by atoms with Gasteiger partial charge in [-0.1, -0.05) is 18.2 Å². The summed E-state index contributed by atoms with van der Waals surface area (Å²) in [5.41, 5.74) is 7.27. The van der Waals surface area contributed by atoms with E-state index in [4.69, 9.17) is 5.73 Å². The molecule has 0 bridgehead atoms. The third-order valence-corrected chi connectivity index (χ3v) is 3.32. The van der Waals surface area contributed by atoms with Crippen LogP contribution in [0.5, 0.6) is 5.75 Å². The van der Waals surface area contributed by atoms with Crippen LogP contribution >= 0.6 is 15.9 Å². The van der Waals surface area contributed by atoms with E-state index in [-0.39, 0.29) is 5.75 Å². The van der Waals surface area contributed by atoms with Crippen LogP contribution in [0.15, 0.2) is 46.9 Å². The van der Waals surface area contributed by atoms with Crippen LogP contribution in [0, 0.1) is 0 Å². The second-order valence-corrected chi connectivity index (χ2v) is 5.03. The van der Waals surface area contributed by atoms with Gasteiger partial charge in [0.1, 0.15) is 5.75 Å². The zero-order chi connectivity index (χ0) is 14.5. The van der Waals surface area contributed by atoms with Crippen LogP contribution in [0.1, 0.15) is 5.56 Å². The number of phenolic OH excluding ortho intramolecular Hbond substituents is 1. The molecule has 2 aromatic rings. The molecule has 0 aliphatic heterocycles. The van der Waals surface area contributed by atoms with E-state index in [1.54, 1.807) is 24.3 Å². The van der Waals surface area contributed by atoms with E-state index in [0.717, 1.165) is 11.3 Å². The van der Waals surface area contributed by atoms with Gasteiger partial charge in [0.15, 0.2) is 0 Å². The van der Waals surface area contributed by atoms with Gasteiger partial charge in [0, 0.05) is 23.5 Å². The van der Waals surface area contributed by atoms with E-state index in [9.17, 15) is 9.90 Å². The van der Waals surface area contributed by atoms with E-state index in [2.05, 4.69) is 26.6 Å². The van der Waals surface area contributed by atoms with Crippen molar-refractivity contribution in [1.82, 2.24) is 0 Å². The van der Waals surface area contributed by atoms with Crippen molar-refractivity contribution in [1.29, 1.82) is 0 Å². The molecule has 0 saturated carbocycles. The van der Waals surface area contributed by atoms with E-state index < -0.39 is 6.03 Å². The predicted molar refractivity (Wildman–Crippen MR) is 82.8 cm³/mol. The lowest BCUT2D eigenvalue weighted by molar-refractivity contribution is 0.259. The summed E-state index contributed by atoms with van der Waals surface area (Å²) in [6.07, 6.45) is 0. The number of primary amides is 1. The molecular formula is C14H14BrN3O2. The number of carbonyl (C=O) groups is 1. The van der Waals surface area contributed by atoms with Crippen molar-refractivity contribution in [2.24, 2.45) is 5.73 Å². The highest BCUT2D eigenvalue weighted by atomic mass is 79.9. The van der Waals surface area contributed by atoms with Gasteiger partial charge < -0.3 is 21.5 Å². The topological polar surface area (TPSA) is 87.4 Å². The largest absolute Gasteiger partial charge is 0.506 e. The third kappa shape index (κ3) is 3.64. The number of amides is 2. The van der Waals surface area contributed by atoms with E-state index in [1.807, 2.05) is 18.2 Å². The van der Waals surface area contributed by atoms with Crippen LogP contribution < -0.4 is 16.4 Å². The van der Waals surface area contributed by atoms with Crippen LogP contribution in [0.25, 0.3) is 0 Å². The Hall–Kier alpha value is -2.21. The van der Waals surface area contributed by atoms with Crippen molar-refractivity contribution < 1.29 is 9.90 Å². The Bertz CT molecular complexity index is 632. The fourth-order valence-corrected chi connectivity index (χ4v) is 2.16. The molecule has 2 amide bonds. The zero-order valence-corrected chi connectivity index (χ0v) is 12.1. The summed E-state index contributed by atoms with van der Waals surface area (Å²) in [7, 11) is 0. The molecule has 0 unspecified atom stereocenters. The number of rotatable bonds is 4. The van der Waals surface area contributed by atoms with Crippen molar-refractivity contribution in [2.45, 2.75) is 6.54 Å². The Morgan fingerprint density at radius 3 is 2.65 bits per heavy atom. The number of hydrogen-bond acceptors (Lipinski definition) is 3. The van der Waals surface area contributed by atoms with E-state index in [0.29, 0.717) is 16.7 Å². The summed E-state index contributed by atoms with van der Waals surface area (Å²) < 4.78 is 0.654. The number of hydrogen-bond donors (Lipinski definition) is 4. The highest BCUT2D eigenvalue weighted by Gasteiger charge is 2.04. The van der Waals surface area contributed by atoms with Gasteiger partial charge in [-0.3, -0.25) is 0 Å². The van der Waals surface area contributed by atoms with Gasteiger partial charge >= 0.3 is 6.03 Å². The molecule has 0 aliphatic carbocycles. The van der Waals surface area contributed by atoms with Crippen molar-refractivity contribution in [3.05, 3.63) is 52.5 Å². The van der Waals surface area contributed by atoms with Crippen molar-refractivity contribution in [2.75, 3.05) is 10.6 Å². The average Bonchev–Trinajstić information content (AvgIpc) is 2.40. The number of carbonyl (C=O) groups excluding carboxylic acids is 1. The van der Waals surface area contributed by atoms with Gasteiger partial charge in [0.05, 0.1) is 4.47 Å². The lowest BCUT2D eigenvalue weighted by Gasteiger charge is -2.10. The summed E-state index contributed by atoms with van der Waals surface area (Å²) in [6, 6.07) is 12.0. The minimum atomic E-state index is -0.605. The number of anilines is 2. The summed E-state index contributed by atoms with van der Waals surface area (Å²) in [6.45, 7) is 0.464. The van der Waals surface area contributed by atoms with Crippen molar-refractivity contribution >= 4 is 33.3 Å².